The topological polar surface area (TPSA) is 66.2 Å². The molecule has 0 aliphatic heterocycles. The minimum Gasteiger partial charge on any atom is -0.367 e. The fourth-order valence-corrected chi connectivity index (χ4v) is 3.86. The van der Waals surface area contributed by atoms with Gasteiger partial charge in [-0.05, 0) is 53.3 Å². The first-order chi connectivity index (χ1) is 16.7. The Kier molecular flexibility index (Phi) is 8.43. The summed E-state index contributed by atoms with van der Waals surface area (Å²) in [6.45, 7) is 2.52. The molecule has 0 aliphatic carbocycles. The van der Waals surface area contributed by atoms with Gasteiger partial charge in [0, 0.05) is 36.7 Å². The van der Waals surface area contributed by atoms with E-state index in [-0.39, 0.29) is 24.9 Å². The van der Waals surface area contributed by atoms with Gasteiger partial charge in [-0.15, -0.1) is 0 Å². The molecule has 0 bridgehead atoms. The van der Waals surface area contributed by atoms with Crippen molar-refractivity contribution in [3.63, 3.8) is 0 Å². The van der Waals surface area contributed by atoms with Gasteiger partial charge in [0.25, 0.3) is 0 Å². The molecule has 4 aromatic rings. The molecule has 6 heteroatoms. The zero-order valence-corrected chi connectivity index (χ0v) is 19.1. The number of para-hydroxylation sites is 1. The smallest absolute Gasteiger partial charge is 0.246 e. The summed E-state index contributed by atoms with van der Waals surface area (Å²) in [5, 5.41) is 7.65. The van der Waals surface area contributed by atoms with Crippen molar-refractivity contribution in [1.82, 2.24) is 15.6 Å². The number of fused-ring (bicyclic) bond motifs is 1. The van der Waals surface area contributed by atoms with Gasteiger partial charge in [0.05, 0.1) is 6.61 Å². The number of hydrogen-bond donors (Lipinski definition) is 3. The second-order valence-electron chi connectivity index (χ2n) is 8.35. The Balaban J connectivity index is 1.09. The molecule has 5 nitrogen and oxygen atoms in total. The SMILES string of the molecule is O=C(COCc1ccc(F)cc1)NCCCc1ccc(CNCc2c[nH]c3ccccc23)cc1. The summed E-state index contributed by atoms with van der Waals surface area (Å²) in [4.78, 5) is 15.2. The van der Waals surface area contributed by atoms with Crippen LogP contribution in [0.5, 0.6) is 0 Å². The van der Waals surface area contributed by atoms with Gasteiger partial charge < -0.3 is 20.4 Å². The Morgan fingerprint density at radius 1 is 0.882 bits per heavy atom. The second kappa shape index (κ2) is 12.1. The van der Waals surface area contributed by atoms with Gasteiger partial charge in [0.1, 0.15) is 12.4 Å². The molecule has 0 saturated carbocycles. The van der Waals surface area contributed by atoms with E-state index in [0.717, 1.165) is 37.0 Å². The van der Waals surface area contributed by atoms with Crippen LogP contribution in [0.4, 0.5) is 4.39 Å². The normalized spacial score (nSPS) is 11.1. The summed E-state index contributed by atoms with van der Waals surface area (Å²) in [5.74, 6) is -0.423. The van der Waals surface area contributed by atoms with Crippen LogP contribution >= 0.6 is 0 Å². The summed E-state index contributed by atoms with van der Waals surface area (Å²) in [5.41, 5.74) is 5.77. The first-order valence-electron chi connectivity index (χ1n) is 11.6. The van der Waals surface area contributed by atoms with Crippen LogP contribution in [-0.4, -0.2) is 24.0 Å². The van der Waals surface area contributed by atoms with Gasteiger partial charge >= 0.3 is 0 Å². The summed E-state index contributed by atoms with van der Waals surface area (Å²) >= 11 is 0. The van der Waals surface area contributed by atoms with Crippen LogP contribution in [0.15, 0.2) is 79.0 Å². The second-order valence-corrected chi connectivity index (χ2v) is 8.35. The van der Waals surface area contributed by atoms with Crippen molar-refractivity contribution in [2.45, 2.75) is 32.5 Å². The van der Waals surface area contributed by atoms with Crippen LogP contribution in [0.1, 0.15) is 28.7 Å². The summed E-state index contributed by atoms with van der Waals surface area (Å²) in [6, 6.07) is 23.0. The Bertz CT molecular complexity index is 1190. The number of benzene rings is 3. The average molecular weight is 460 g/mol. The van der Waals surface area contributed by atoms with E-state index in [1.165, 1.54) is 34.2 Å². The van der Waals surface area contributed by atoms with Gasteiger partial charge in [-0.2, -0.15) is 0 Å². The molecular weight excluding hydrogens is 429 g/mol. The van der Waals surface area contributed by atoms with Crippen molar-refractivity contribution in [2.75, 3.05) is 13.2 Å². The number of rotatable bonds is 12. The molecule has 0 spiro atoms. The first-order valence-corrected chi connectivity index (χ1v) is 11.6. The number of amides is 1. The quantitative estimate of drug-likeness (QED) is 0.265. The van der Waals surface area contributed by atoms with Crippen molar-refractivity contribution >= 4 is 16.8 Å². The first kappa shape index (κ1) is 23.7. The maximum atomic E-state index is 12.9. The molecule has 1 heterocycles. The molecule has 0 fully saturated rings. The number of aromatic nitrogens is 1. The van der Waals surface area contributed by atoms with E-state index in [1.807, 2.05) is 6.07 Å². The lowest BCUT2D eigenvalue weighted by atomic mass is 10.1. The zero-order chi connectivity index (χ0) is 23.6. The third-order valence-corrected chi connectivity index (χ3v) is 5.72. The standard InChI is InChI=1S/C28H30FN3O2/c29-25-13-11-23(12-14-25)19-34-20-28(33)31-15-3-4-21-7-9-22(10-8-21)16-30-17-24-18-32-27-6-2-1-5-26(24)27/h1-2,5-14,18,30,32H,3-4,15-17,19-20H2,(H,31,33). The van der Waals surface area contributed by atoms with Crippen LogP contribution in [0.3, 0.4) is 0 Å². The molecule has 0 aliphatic rings. The molecule has 1 amide bonds. The van der Waals surface area contributed by atoms with E-state index in [9.17, 15) is 9.18 Å². The highest BCUT2D eigenvalue weighted by molar-refractivity contribution is 5.83. The van der Waals surface area contributed by atoms with Crippen LogP contribution in [0.25, 0.3) is 10.9 Å². The Hall–Kier alpha value is -3.48. The Morgan fingerprint density at radius 3 is 2.44 bits per heavy atom. The number of aromatic amines is 1. The van der Waals surface area contributed by atoms with E-state index in [1.54, 1.807) is 12.1 Å². The van der Waals surface area contributed by atoms with Crippen molar-refractivity contribution in [1.29, 1.82) is 0 Å². The highest BCUT2D eigenvalue weighted by atomic mass is 19.1. The molecule has 3 N–H and O–H groups in total. The van der Waals surface area contributed by atoms with Crippen molar-refractivity contribution < 1.29 is 13.9 Å². The molecule has 176 valence electrons. The molecular formula is C28H30FN3O2. The van der Waals surface area contributed by atoms with Gasteiger partial charge in [0.15, 0.2) is 0 Å². The lowest BCUT2D eigenvalue weighted by molar-refractivity contribution is -0.126. The van der Waals surface area contributed by atoms with E-state index < -0.39 is 0 Å². The number of aryl methyl sites for hydroxylation is 1. The summed E-state index contributed by atoms with van der Waals surface area (Å²) in [7, 11) is 0. The van der Waals surface area contributed by atoms with E-state index in [2.05, 4.69) is 64.3 Å². The van der Waals surface area contributed by atoms with Crippen LogP contribution in [0.2, 0.25) is 0 Å². The minimum absolute atomic E-state index is 0.00236. The lowest BCUT2D eigenvalue weighted by Gasteiger charge is -2.08. The summed E-state index contributed by atoms with van der Waals surface area (Å²) < 4.78 is 18.3. The maximum Gasteiger partial charge on any atom is 0.246 e. The number of ether oxygens (including phenoxy) is 1. The molecule has 34 heavy (non-hydrogen) atoms. The van der Waals surface area contributed by atoms with Gasteiger partial charge in [-0.3, -0.25) is 4.79 Å². The van der Waals surface area contributed by atoms with Gasteiger partial charge in [0.2, 0.25) is 5.91 Å². The van der Waals surface area contributed by atoms with E-state index in [4.69, 9.17) is 4.74 Å². The van der Waals surface area contributed by atoms with Crippen LogP contribution in [0, 0.1) is 5.82 Å². The van der Waals surface area contributed by atoms with E-state index in [0.29, 0.717) is 6.54 Å². The predicted octanol–water partition coefficient (Wildman–Crippen LogP) is 4.86. The third-order valence-electron chi connectivity index (χ3n) is 5.72. The minimum atomic E-state index is -0.283. The number of hydrogen-bond acceptors (Lipinski definition) is 3. The number of halogens is 1. The molecule has 1 aromatic heterocycles. The number of H-pyrrole nitrogens is 1. The average Bonchev–Trinajstić information content (AvgIpc) is 3.27. The number of carbonyl (C=O) groups is 1. The van der Waals surface area contributed by atoms with E-state index >= 15 is 0 Å². The van der Waals surface area contributed by atoms with Crippen molar-refractivity contribution in [2.24, 2.45) is 0 Å². The lowest BCUT2D eigenvalue weighted by Crippen LogP contribution is -2.28. The Morgan fingerprint density at radius 2 is 1.62 bits per heavy atom. The largest absolute Gasteiger partial charge is 0.367 e. The molecule has 0 unspecified atom stereocenters. The number of carbonyl (C=O) groups excluding carboxylic acids is 1. The van der Waals surface area contributed by atoms with Crippen molar-refractivity contribution in [3.8, 4) is 0 Å². The zero-order valence-electron chi connectivity index (χ0n) is 19.1. The van der Waals surface area contributed by atoms with Gasteiger partial charge in [-0.1, -0.05) is 54.6 Å². The molecule has 0 saturated heterocycles. The third kappa shape index (κ3) is 7.01. The highest BCUT2D eigenvalue weighted by Gasteiger charge is 2.04. The molecule has 0 radical (unpaired) electrons. The van der Waals surface area contributed by atoms with Crippen LogP contribution in [-0.2, 0) is 35.6 Å². The highest BCUT2D eigenvalue weighted by Crippen LogP contribution is 2.17. The van der Waals surface area contributed by atoms with Crippen molar-refractivity contribution in [3.05, 3.63) is 107 Å². The van der Waals surface area contributed by atoms with Crippen LogP contribution < -0.4 is 10.6 Å². The maximum absolute atomic E-state index is 12.9. The Labute approximate surface area is 199 Å². The monoisotopic (exact) mass is 459 g/mol. The predicted molar refractivity (Wildman–Crippen MR) is 133 cm³/mol. The molecule has 0 atom stereocenters. The summed E-state index contributed by atoms with van der Waals surface area (Å²) in [6.07, 6.45) is 3.83. The fourth-order valence-electron chi connectivity index (χ4n) is 3.86. The van der Waals surface area contributed by atoms with Gasteiger partial charge in [-0.25, -0.2) is 4.39 Å². The fraction of sp³-hybridized carbons (Fsp3) is 0.250. The number of nitrogens with one attached hydrogen (secondary N) is 3. The molecule has 4 rings (SSSR count). The molecule has 3 aromatic carbocycles.